The summed E-state index contributed by atoms with van der Waals surface area (Å²) in [5.41, 5.74) is 3.17. The first-order valence-corrected chi connectivity index (χ1v) is 7.02. The molecule has 16 heavy (non-hydrogen) atoms. The number of pyridine rings is 1. The summed E-state index contributed by atoms with van der Waals surface area (Å²) in [4.78, 5) is 4.42. The fourth-order valence-electron chi connectivity index (χ4n) is 1.36. The van der Waals surface area contributed by atoms with Crippen LogP contribution in [0.2, 0.25) is 0 Å². The van der Waals surface area contributed by atoms with Crippen molar-refractivity contribution in [3.8, 4) is 5.75 Å². The molecular weight excluding hydrogens is 286 g/mol. The summed E-state index contributed by atoms with van der Waals surface area (Å²) >= 11 is 5.10. The first-order chi connectivity index (χ1) is 7.79. The Morgan fingerprint density at radius 1 is 1.38 bits per heavy atom. The zero-order valence-electron chi connectivity index (χ0n) is 8.94. The van der Waals surface area contributed by atoms with Crippen LogP contribution in [-0.2, 0) is 11.9 Å². The molecule has 0 N–H and O–H groups in total. The van der Waals surface area contributed by atoms with E-state index in [9.17, 15) is 0 Å². The van der Waals surface area contributed by atoms with Gasteiger partial charge in [0, 0.05) is 11.0 Å². The predicted octanol–water partition coefficient (Wildman–Crippen LogP) is 3.93. The molecule has 0 aromatic carbocycles. The lowest BCUT2D eigenvalue weighted by Crippen LogP contribution is -1.99. The van der Waals surface area contributed by atoms with Gasteiger partial charge in [0.1, 0.15) is 12.4 Å². The van der Waals surface area contributed by atoms with Gasteiger partial charge in [-0.15, -0.1) is 0 Å². The summed E-state index contributed by atoms with van der Waals surface area (Å²) in [6, 6.07) is 6.01. The van der Waals surface area contributed by atoms with Crippen molar-refractivity contribution in [2.75, 3.05) is 0 Å². The quantitative estimate of drug-likeness (QED) is 0.798. The largest absolute Gasteiger partial charge is 0.487 e. The minimum absolute atomic E-state index is 0.605. The van der Waals surface area contributed by atoms with Crippen LogP contribution in [0.4, 0.5) is 0 Å². The molecule has 2 rings (SSSR count). The number of aromatic nitrogens is 1. The molecular formula is C12H12BrNOS. The smallest absolute Gasteiger partial charge is 0.142 e. The first kappa shape index (κ1) is 11.6. The SMILES string of the molecule is Cc1ccc(OCc2ccsc2)c(CBr)n1. The molecule has 0 aliphatic rings. The van der Waals surface area contributed by atoms with Gasteiger partial charge in [-0.25, -0.2) is 0 Å². The lowest BCUT2D eigenvalue weighted by Gasteiger charge is -2.09. The van der Waals surface area contributed by atoms with Gasteiger partial charge in [0.15, 0.2) is 0 Å². The second-order valence-corrected chi connectivity index (χ2v) is 4.79. The lowest BCUT2D eigenvalue weighted by molar-refractivity contribution is 0.302. The van der Waals surface area contributed by atoms with Crippen LogP contribution >= 0.6 is 27.3 Å². The molecule has 2 aromatic heterocycles. The van der Waals surface area contributed by atoms with Crippen LogP contribution in [-0.4, -0.2) is 4.98 Å². The van der Waals surface area contributed by atoms with Gasteiger partial charge in [-0.1, -0.05) is 15.9 Å². The molecule has 0 aliphatic carbocycles. The van der Waals surface area contributed by atoms with Crippen molar-refractivity contribution in [2.24, 2.45) is 0 Å². The number of rotatable bonds is 4. The van der Waals surface area contributed by atoms with Crippen molar-refractivity contribution in [2.45, 2.75) is 18.9 Å². The fraction of sp³-hybridized carbons (Fsp3) is 0.250. The van der Waals surface area contributed by atoms with Crippen LogP contribution in [0.25, 0.3) is 0 Å². The number of hydrogen-bond acceptors (Lipinski definition) is 3. The van der Waals surface area contributed by atoms with Gasteiger partial charge in [-0.3, -0.25) is 4.98 Å². The molecule has 0 bridgehead atoms. The van der Waals surface area contributed by atoms with E-state index in [0.29, 0.717) is 11.9 Å². The molecule has 0 fully saturated rings. The third-order valence-corrected chi connectivity index (χ3v) is 3.44. The molecule has 0 saturated heterocycles. The summed E-state index contributed by atoms with van der Waals surface area (Å²) in [6.45, 7) is 2.59. The average molecular weight is 298 g/mol. The third-order valence-electron chi connectivity index (χ3n) is 2.17. The van der Waals surface area contributed by atoms with Gasteiger partial charge in [-0.05, 0) is 41.4 Å². The van der Waals surface area contributed by atoms with Gasteiger partial charge in [0.2, 0.25) is 0 Å². The number of halogens is 1. The second-order valence-electron chi connectivity index (χ2n) is 3.45. The van der Waals surface area contributed by atoms with Crippen LogP contribution < -0.4 is 4.74 Å². The maximum atomic E-state index is 5.74. The summed E-state index contributed by atoms with van der Waals surface area (Å²) in [7, 11) is 0. The van der Waals surface area contributed by atoms with E-state index in [2.05, 4.69) is 37.7 Å². The molecule has 0 unspecified atom stereocenters. The van der Waals surface area contributed by atoms with Gasteiger partial charge in [0.25, 0.3) is 0 Å². The number of aryl methyl sites for hydroxylation is 1. The maximum absolute atomic E-state index is 5.74. The Labute approximate surface area is 107 Å². The van der Waals surface area contributed by atoms with Crippen LogP contribution in [0.3, 0.4) is 0 Å². The summed E-state index contributed by atoms with van der Waals surface area (Å²) in [5.74, 6) is 0.855. The van der Waals surface area contributed by atoms with Gasteiger partial charge >= 0.3 is 0 Å². The Hall–Kier alpha value is -0.870. The number of ether oxygens (including phenoxy) is 1. The van der Waals surface area contributed by atoms with Crippen LogP contribution in [0.15, 0.2) is 29.0 Å². The van der Waals surface area contributed by atoms with E-state index in [0.717, 1.165) is 17.1 Å². The third kappa shape index (κ3) is 2.83. The molecule has 0 amide bonds. The van der Waals surface area contributed by atoms with E-state index in [-0.39, 0.29) is 0 Å². The first-order valence-electron chi connectivity index (χ1n) is 4.96. The summed E-state index contributed by atoms with van der Waals surface area (Å²) in [6.07, 6.45) is 0. The molecule has 4 heteroatoms. The molecule has 0 atom stereocenters. The molecule has 2 nitrogen and oxygen atoms in total. The minimum atomic E-state index is 0.605. The number of hydrogen-bond donors (Lipinski definition) is 0. The van der Waals surface area contributed by atoms with E-state index >= 15 is 0 Å². The Balaban J connectivity index is 2.09. The zero-order chi connectivity index (χ0) is 11.4. The lowest BCUT2D eigenvalue weighted by atomic mass is 10.3. The zero-order valence-corrected chi connectivity index (χ0v) is 11.3. The highest BCUT2D eigenvalue weighted by Crippen LogP contribution is 2.21. The Bertz CT molecular complexity index is 456. The van der Waals surface area contributed by atoms with Gasteiger partial charge < -0.3 is 4.74 Å². The van der Waals surface area contributed by atoms with Gasteiger partial charge in [0.05, 0.1) is 5.69 Å². The normalized spacial score (nSPS) is 10.4. The van der Waals surface area contributed by atoms with E-state index in [1.165, 1.54) is 5.56 Å². The van der Waals surface area contributed by atoms with Crippen LogP contribution in [0.1, 0.15) is 17.0 Å². The molecule has 2 aromatic rings. The number of alkyl halides is 1. The van der Waals surface area contributed by atoms with E-state index in [1.807, 2.05) is 19.1 Å². The molecule has 0 spiro atoms. The second kappa shape index (κ2) is 5.46. The number of thiophene rings is 1. The van der Waals surface area contributed by atoms with Crippen molar-refractivity contribution in [3.05, 3.63) is 45.9 Å². The van der Waals surface area contributed by atoms with E-state index in [1.54, 1.807) is 11.3 Å². The molecule has 0 saturated carbocycles. The Kier molecular flexibility index (Phi) is 3.96. The predicted molar refractivity (Wildman–Crippen MR) is 70.3 cm³/mol. The topological polar surface area (TPSA) is 22.1 Å². The van der Waals surface area contributed by atoms with Crippen molar-refractivity contribution in [1.29, 1.82) is 0 Å². The fourth-order valence-corrected chi connectivity index (χ4v) is 2.42. The maximum Gasteiger partial charge on any atom is 0.142 e. The van der Waals surface area contributed by atoms with E-state index in [4.69, 9.17) is 4.74 Å². The highest BCUT2D eigenvalue weighted by molar-refractivity contribution is 9.08. The molecule has 84 valence electrons. The monoisotopic (exact) mass is 297 g/mol. The summed E-state index contributed by atoms with van der Waals surface area (Å²) in [5, 5.41) is 4.86. The van der Waals surface area contributed by atoms with Crippen molar-refractivity contribution in [1.82, 2.24) is 4.98 Å². The standard InChI is InChI=1S/C12H12BrNOS/c1-9-2-3-12(11(6-13)14-9)15-7-10-4-5-16-8-10/h2-5,8H,6-7H2,1H3. The molecule has 2 heterocycles. The van der Waals surface area contributed by atoms with Crippen LogP contribution in [0, 0.1) is 6.92 Å². The summed E-state index contributed by atoms with van der Waals surface area (Å²) < 4.78 is 5.74. The molecule has 0 radical (unpaired) electrons. The minimum Gasteiger partial charge on any atom is -0.487 e. The highest BCUT2D eigenvalue weighted by Gasteiger charge is 2.04. The Morgan fingerprint density at radius 2 is 2.25 bits per heavy atom. The molecule has 0 aliphatic heterocycles. The van der Waals surface area contributed by atoms with Crippen molar-refractivity contribution < 1.29 is 4.74 Å². The van der Waals surface area contributed by atoms with E-state index < -0.39 is 0 Å². The van der Waals surface area contributed by atoms with Crippen LogP contribution in [0.5, 0.6) is 5.75 Å². The Morgan fingerprint density at radius 3 is 2.94 bits per heavy atom. The average Bonchev–Trinajstić information content (AvgIpc) is 2.80. The highest BCUT2D eigenvalue weighted by atomic mass is 79.9. The number of nitrogens with zero attached hydrogens (tertiary/aromatic N) is 1. The van der Waals surface area contributed by atoms with Crippen molar-refractivity contribution >= 4 is 27.3 Å². The van der Waals surface area contributed by atoms with Crippen molar-refractivity contribution in [3.63, 3.8) is 0 Å². The van der Waals surface area contributed by atoms with Gasteiger partial charge in [-0.2, -0.15) is 11.3 Å².